The largest absolute Gasteiger partial charge is 0.497 e. The van der Waals surface area contributed by atoms with Crippen molar-refractivity contribution in [1.29, 1.82) is 0 Å². The molecule has 4 nitrogen and oxygen atoms in total. The predicted octanol–water partition coefficient (Wildman–Crippen LogP) is 4.69. The van der Waals surface area contributed by atoms with E-state index in [-0.39, 0.29) is 5.91 Å². The van der Waals surface area contributed by atoms with Crippen LogP contribution in [-0.4, -0.2) is 23.8 Å². The molecule has 0 unspecified atom stereocenters. The van der Waals surface area contributed by atoms with E-state index in [0.717, 1.165) is 22.8 Å². The van der Waals surface area contributed by atoms with Crippen LogP contribution in [0.25, 0.3) is 11.3 Å². The SMILES string of the molecule is COc1ccc(-c2csc(NC(=O)CSCc3ccccc3)n2)cc1. The van der Waals surface area contributed by atoms with Crippen molar-refractivity contribution >= 4 is 34.1 Å². The fourth-order valence-electron chi connectivity index (χ4n) is 2.22. The fourth-order valence-corrected chi connectivity index (χ4v) is 3.74. The molecule has 1 N–H and O–H groups in total. The Morgan fingerprint density at radius 2 is 1.92 bits per heavy atom. The number of thioether (sulfide) groups is 1. The second-order valence-corrected chi connectivity index (χ2v) is 7.14. The molecule has 0 saturated carbocycles. The molecule has 0 fully saturated rings. The molecule has 0 spiro atoms. The van der Waals surface area contributed by atoms with Gasteiger partial charge in [-0.25, -0.2) is 4.98 Å². The molecule has 0 bridgehead atoms. The summed E-state index contributed by atoms with van der Waals surface area (Å²) < 4.78 is 5.16. The van der Waals surface area contributed by atoms with Crippen molar-refractivity contribution in [2.24, 2.45) is 0 Å². The number of methoxy groups -OCH3 is 1. The molecule has 3 rings (SSSR count). The molecule has 128 valence electrons. The number of hydrogen-bond donors (Lipinski definition) is 1. The molecule has 0 aliphatic carbocycles. The lowest BCUT2D eigenvalue weighted by atomic mass is 10.2. The van der Waals surface area contributed by atoms with Gasteiger partial charge in [0.2, 0.25) is 5.91 Å². The number of nitrogens with one attached hydrogen (secondary N) is 1. The van der Waals surface area contributed by atoms with Crippen LogP contribution < -0.4 is 10.1 Å². The van der Waals surface area contributed by atoms with Gasteiger partial charge in [0.1, 0.15) is 5.75 Å². The van der Waals surface area contributed by atoms with Crippen LogP contribution in [0.15, 0.2) is 60.0 Å². The average molecular weight is 370 g/mol. The van der Waals surface area contributed by atoms with Gasteiger partial charge in [-0.2, -0.15) is 0 Å². The zero-order chi connectivity index (χ0) is 17.5. The Balaban J connectivity index is 1.51. The van der Waals surface area contributed by atoms with Crippen LogP contribution in [0.2, 0.25) is 0 Å². The third kappa shape index (κ3) is 5.08. The molecular formula is C19H18N2O2S2. The Kier molecular flexibility index (Phi) is 6.09. The first-order valence-electron chi connectivity index (χ1n) is 7.76. The summed E-state index contributed by atoms with van der Waals surface area (Å²) in [5.41, 5.74) is 3.06. The number of carbonyl (C=O) groups is 1. The summed E-state index contributed by atoms with van der Waals surface area (Å²) in [5, 5.41) is 5.42. The first-order chi connectivity index (χ1) is 12.2. The lowest BCUT2D eigenvalue weighted by Crippen LogP contribution is -2.13. The number of rotatable bonds is 7. The topological polar surface area (TPSA) is 51.2 Å². The molecule has 0 aliphatic heterocycles. The van der Waals surface area contributed by atoms with Crippen molar-refractivity contribution in [3.8, 4) is 17.0 Å². The predicted molar refractivity (Wildman–Crippen MR) is 105 cm³/mol. The Hall–Kier alpha value is -2.31. The van der Waals surface area contributed by atoms with Crippen molar-refractivity contribution in [2.75, 3.05) is 18.2 Å². The van der Waals surface area contributed by atoms with E-state index in [4.69, 9.17) is 4.74 Å². The molecule has 0 aliphatic rings. The van der Waals surface area contributed by atoms with Crippen LogP contribution in [-0.2, 0) is 10.5 Å². The number of thiazole rings is 1. The quantitative estimate of drug-likeness (QED) is 0.655. The van der Waals surface area contributed by atoms with Gasteiger partial charge in [0.15, 0.2) is 5.13 Å². The van der Waals surface area contributed by atoms with Crippen LogP contribution in [0.5, 0.6) is 5.75 Å². The average Bonchev–Trinajstić information content (AvgIpc) is 3.11. The van der Waals surface area contributed by atoms with E-state index in [9.17, 15) is 4.79 Å². The highest BCUT2D eigenvalue weighted by atomic mass is 32.2. The highest BCUT2D eigenvalue weighted by Crippen LogP contribution is 2.26. The lowest BCUT2D eigenvalue weighted by Gasteiger charge is -2.03. The molecule has 6 heteroatoms. The van der Waals surface area contributed by atoms with Gasteiger partial charge in [-0.3, -0.25) is 4.79 Å². The van der Waals surface area contributed by atoms with Gasteiger partial charge in [-0.15, -0.1) is 23.1 Å². The van der Waals surface area contributed by atoms with Gasteiger partial charge >= 0.3 is 0 Å². The summed E-state index contributed by atoms with van der Waals surface area (Å²) in [6.07, 6.45) is 0. The van der Waals surface area contributed by atoms with E-state index in [0.29, 0.717) is 10.9 Å². The summed E-state index contributed by atoms with van der Waals surface area (Å²) in [6.45, 7) is 0. The molecule has 1 aromatic heterocycles. The van der Waals surface area contributed by atoms with Crippen molar-refractivity contribution in [3.63, 3.8) is 0 Å². The molecule has 0 saturated heterocycles. The third-order valence-electron chi connectivity index (χ3n) is 3.48. The van der Waals surface area contributed by atoms with Crippen molar-refractivity contribution in [3.05, 3.63) is 65.5 Å². The van der Waals surface area contributed by atoms with Gasteiger partial charge in [0, 0.05) is 16.7 Å². The van der Waals surface area contributed by atoms with Crippen molar-refractivity contribution in [2.45, 2.75) is 5.75 Å². The standard InChI is InChI=1S/C19H18N2O2S2/c1-23-16-9-7-15(8-10-16)17-12-25-19(20-17)21-18(22)13-24-11-14-5-3-2-4-6-14/h2-10,12H,11,13H2,1H3,(H,20,21,22). The molecule has 3 aromatic rings. The summed E-state index contributed by atoms with van der Waals surface area (Å²) in [6, 6.07) is 17.8. The maximum Gasteiger partial charge on any atom is 0.236 e. The first kappa shape index (κ1) is 17.5. The van der Waals surface area contributed by atoms with Gasteiger partial charge < -0.3 is 10.1 Å². The minimum atomic E-state index is -0.0310. The number of amides is 1. The molecule has 0 radical (unpaired) electrons. The van der Waals surface area contributed by atoms with Crippen LogP contribution in [0, 0.1) is 0 Å². The smallest absolute Gasteiger partial charge is 0.236 e. The zero-order valence-corrected chi connectivity index (χ0v) is 15.4. The number of anilines is 1. The highest BCUT2D eigenvalue weighted by molar-refractivity contribution is 7.99. The van der Waals surface area contributed by atoms with Gasteiger partial charge in [-0.05, 0) is 29.8 Å². The molecule has 1 heterocycles. The number of carbonyl (C=O) groups excluding carboxylic acids is 1. The molecular weight excluding hydrogens is 352 g/mol. The Morgan fingerprint density at radius 3 is 2.64 bits per heavy atom. The normalized spacial score (nSPS) is 10.4. The monoisotopic (exact) mass is 370 g/mol. The van der Waals surface area contributed by atoms with Crippen molar-refractivity contribution < 1.29 is 9.53 Å². The third-order valence-corrected chi connectivity index (χ3v) is 5.24. The molecule has 1 amide bonds. The minimum absolute atomic E-state index is 0.0310. The number of nitrogens with zero attached hydrogens (tertiary/aromatic N) is 1. The van der Waals surface area contributed by atoms with E-state index in [1.807, 2.05) is 47.8 Å². The van der Waals surface area contributed by atoms with E-state index in [1.165, 1.54) is 16.9 Å². The number of ether oxygens (including phenoxy) is 1. The van der Waals surface area contributed by atoms with E-state index in [1.54, 1.807) is 18.9 Å². The van der Waals surface area contributed by atoms with E-state index in [2.05, 4.69) is 22.4 Å². The van der Waals surface area contributed by atoms with Gasteiger partial charge in [-0.1, -0.05) is 30.3 Å². The maximum atomic E-state index is 12.1. The second-order valence-electron chi connectivity index (χ2n) is 5.29. The highest BCUT2D eigenvalue weighted by Gasteiger charge is 2.08. The minimum Gasteiger partial charge on any atom is -0.497 e. The van der Waals surface area contributed by atoms with Crippen LogP contribution in [0.3, 0.4) is 0 Å². The number of aromatic nitrogens is 1. The van der Waals surface area contributed by atoms with E-state index < -0.39 is 0 Å². The summed E-state index contributed by atoms with van der Waals surface area (Å²) >= 11 is 3.02. The Morgan fingerprint density at radius 1 is 1.16 bits per heavy atom. The van der Waals surface area contributed by atoms with Gasteiger partial charge in [0.05, 0.1) is 18.6 Å². The Bertz CT molecular complexity index is 817. The van der Waals surface area contributed by atoms with Gasteiger partial charge in [0.25, 0.3) is 0 Å². The first-order valence-corrected chi connectivity index (χ1v) is 9.79. The maximum absolute atomic E-state index is 12.1. The second kappa shape index (κ2) is 8.69. The Labute approximate surface area is 155 Å². The van der Waals surface area contributed by atoms with Crippen LogP contribution >= 0.6 is 23.1 Å². The number of benzene rings is 2. The summed E-state index contributed by atoms with van der Waals surface area (Å²) in [4.78, 5) is 16.5. The summed E-state index contributed by atoms with van der Waals surface area (Å²) in [7, 11) is 1.64. The van der Waals surface area contributed by atoms with Crippen LogP contribution in [0.1, 0.15) is 5.56 Å². The van der Waals surface area contributed by atoms with Crippen molar-refractivity contribution in [1.82, 2.24) is 4.98 Å². The molecule has 25 heavy (non-hydrogen) atoms. The molecule has 0 atom stereocenters. The van der Waals surface area contributed by atoms with Crippen LogP contribution in [0.4, 0.5) is 5.13 Å². The zero-order valence-electron chi connectivity index (χ0n) is 13.8. The molecule has 2 aromatic carbocycles. The number of hydrogen-bond acceptors (Lipinski definition) is 5. The fraction of sp³-hybridized carbons (Fsp3) is 0.158. The van der Waals surface area contributed by atoms with E-state index >= 15 is 0 Å². The summed E-state index contributed by atoms with van der Waals surface area (Å²) in [5.74, 6) is 2.01. The lowest BCUT2D eigenvalue weighted by molar-refractivity contribution is -0.113.